The van der Waals surface area contributed by atoms with E-state index in [1.54, 1.807) is 6.07 Å². The predicted molar refractivity (Wildman–Crippen MR) is 51.8 cm³/mol. The van der Waals surface area contributed by atoms with Crippen molar-refractivity contribution in [1.82, 2.24) is 0 Å². The maximum absolute atomic E-state index is 11.7. The van der Waals surface area contributed by atoms with Gasteiger partial charge in [-0.15, -0.1) is 5.76 Å². The van der Waals surface area contributed by atoms with Crippen molar-refractivity contribution in [2.75, 3.05) is 0 Å². The van der Waals surface area contributed by atoms with Crippen LogP contribution in [0.4, 0.5) is 0 Å². The van der Waals surface area contributed by atoms with Gasteiger partial charge in [0, 0.05) is 0 Å². The summed E-state index contributed by atoms with van der Waals surface area (Å²) in [6.07, 6.45) is 0. The molecule has 13 heavy (non-hydrogen) atoms. The number of rotatable bonds is 0. The molecular weight excluding hydrogens is 160 g/mol. The Morgan fingerprint density at radius 2 is 1.85 bits per heavy atom. The summed E-state index contributed by atoms with van der Waals surface area (Å²) < 4.78 is 7.68. The highest BCUT2D eigenvalue weighted by atomic mass is 16.3. The van der Waals surface area contributed by atoms with Crippen molar-refractivity contribution >= 4 is 22.6 Å². The maximum atomic E-state index is 11.7. The SMILES string of the molecule is [2H]C1=C([O-])c2cccc3cccc1c23. The van der Waals surface area contributed by atoms with Gasteiger partial charge in [-0.05, 0) is 21.9 Å². The minimum absolute atomic E-state index is 0.122. The van der Waals surface area contributed by atoms with E-state index in [-0.39, 0.29) is 11.8 Å². The fraction of sp³-hybridized carbons (Fsp3) is 0. The molecule has 0 unspecified atom stereocenters. The number of hydrogen-bond donors (Lipinski definition) is 0. The lowest BCUT2D eigenvalue weighted by atomic mass is 10.0. The van der Waals surface area contributed by atoms with Crippen molar-refractivity contribution in [3.05, 3.63) is 47.5 Å². The molecule has 1 aliphatic rings. The van der Waals surface area contributed by atoms with Crippen molar-refractivity contribution < 1.29 is 6.48 Å². The zero-order chi connectivity index (χ0) is 9.71. The van der Waals surface area contributed by atoms with Gasteiger partial charge in [-0.1, -0.05) is 42.5 Å². The Hall–Kier alpha value is -1.76. The Bertz CT molecular complexity index is 523. The van der Waals surface area contributed by atoms with Crippen molar-refractivity contribution in [3.8, 4) is 0 Å². The third kappa shape index (κ3) is 0.760. The van der Waals surface area contributed by atoms with Gasteiger partial charge in [-0.2, -0.15) is 0 Å². The first kappa shape index (κ1) is 5.81. The highest BCUT2D eigenvalue weighted by Crippen LogP contribution is 2.33. The van der Waals surface area contributed by atoms with Crippen LogP contribution in [0.1, 0.15) is 12.5 Å². The molecule has 1 heteroatoms. The lowest BCUT2D eigenvalue weighted by Crippen LogP contribution is -1.98. The Morgan fingerprint density at radius 3 is 2.69 bits per heavy atom. The smallest absolute Gasteiger partial charge is 0.0623 e. The van der Waals surface area contributed by atoms with Crippen molar-refractivity contribution in [2.45, 2.75) is 0 Å². The highest BCUT2D eigenvalue weighted by Gasteiger charge is 2.08. The van der Waals surface area contributed by atoms with Gasteiger partial charge < -0.3 is 5.11 Å². The predicted octanol–water partition coefficient (Wildman–Crippen LogP) is 2.01. The molecule has 0 saturated heterocycles. The molecule has 0 aromatic heterocycles. The average molecular weight is 168 g/mol. The quantitative estimate of drug-likeness (QED) is 0.590. The molecule has 0 N–H and O–H groups in total. The largest absolute Gasteiger partial charge is 0.872 e. The van der Waals surface area contributed by atoms with Crippen LogP contribution in [0.2, 0.25) is 0 Å². The van der Waals surface area contributed by atoms with Crippen molar-refractivity contribution in [2.24, 2.45) is 0 Å². The normalized spacial score (nSPS) is 15.2. The Morgan fingerprint density at radius 1 is 1.08 bits per heavy atom. The van der Waals surface area contributed by atoms with Gasteiger partial charge in [-0.3, -0.25) is 0 Å². The van der Waals surface area contributed by atoms with Gasteiger partial charge in [0.05, 0.1) is 1.37 Å². The third-order valence-electron chi connectivity index (χ3n) is 2.40. The average Bonchev–Trinajstić information content (AvgIpc) is 2.47. The van der Waals surface area contributed by atoms with Crippen LogP contribution in [0.15, 0.2) is 36.4 Å². The molecule has 0 spiro atoms. The molecule has 2 aromatic carbocycles. The zero-order valence-corrected chi connectivity index (χ0v) is 6.87. The first-order chi connectivity index (χ1) is 6.79. The van der Waals surface area contributed by atoms with Crippen LogP contribution in [0.3, 0.4) is 0 Å². The van der Waals surface area contributed by atoms with E-state index in [4.69, 9.17) is 1.37 Å². The lowest BCUT2D eigenvalue weighted by Gasteiger charge is -2.07. The summed E-state index contributed by atoms with van der Waals surface area (Å²) >= 11 is 0. The highest BCUT2D eigenvalue weighted by molar-refractivity contribution is 6.06. The van der Waals surface area contributed by atoms with Gasteiger partial charge in [0.1, 0.15) is 0 Å². The fourth-order valence-electron chi connectivity index (χ4n) is 1.82. The fourth-order valence-corrected chi connectivity index (χ4v) is 1.82. The summed E-state index contributed by atoms with van der Waals surface area (Å²) in [5, 5.41) is 13.6. The molecule has 0 amide bonds. The van der Waals surface area contributed by atoms with Crippen LogP contribution in [0.25, 0.3) is 22.6 Å². The molecule has 62 valence electrons. The van der Waals surface area contributed by atoms with E-state index in [0.29, 0.717) is 5.56 Å². The Kier molecular flexibility index (Phi) is 0.954. The first-order valence-electron chi connectivity index (χ1n) is 4.69. The molecule has 2 aromatic rings. The van der Waals surface area contributed by atoms with Crippen molar-refractivity contribution in [3.63, 3.8) is 0 Å². The second kappa shape index (κ2) is 2.13. The third-order valence-corrected chi connectivity index (χ3v) is 2.40. The number of hydrogen-bond acceptors (Lipinski definition) is 1. The molecule has 0 heterocycles. The van der Waals surface area contributed by atoms with E-state index in [9.17, 15) is 5.11 Å². The Balaban J connectivity index is 2.59. The van der Waals surface area contributed by atoms with Crippen LogP contribution in [0, 0.1) is 0 Å². The lowest BCUT2D eigenvalue weighted by molar-refractivity contribution is -0.241. The summed E-state index contributed by atoms with van der Waals surface area (Å²) in [7, 11) is 0. The van der Waals surface area contributed by atoms with E-state index in [2.05, 4.69) is 0 Å². The van der Waals surface area contributed by atoms with E-state index in [0.717, 1.165) is 16.3 Å². The number of benzene rings is 2. The van der Waals surface area contributed by atoms with E-state index >= 15 is 0 Å². The molecule has 0 bridgehead atoms. The van der Waals surface area contributed by atoms with Crippen LogP contribution in [-0.4, -0.2) is 0 Å². The molecular formula is C12H7O-. The van der Waals surface area contributed by atoms with E-state index < -0.39 is 0 Å². The topological polar surface area (TPSA) is 23.1 Å². The van der Waals surface area contributed by atoms with E-state index in [1.807, 2.05) is 30.3 Å². The molecule has 3 rings (SSSR count). The summed E-state index contributed by atoms with van der Waals surface area (Å²) in [4.78, 5) is 0. The molecule has 1 nitrogen and oxygen atoms in total. The summed E-state index contributed by atoms with van der Waals surface area (Å²) in [5.41, 5.74) is 1.44. The molecule has 0 saturated carbocycles. The zero-order valence-electron chi connectivity index (χ0n) is 7.87. The van der Waals surface area contributed by atoms with Crippen LogP contribution in [0.5, 0.6) is 0 Å². The van der Waals surface area contributed by atoms with Crippen LogP contribution in [-0.2, 0) is 0 Å². The Labute approximate surface area is 77.3 Å². The molecule has 0 radical (unpaired) electrons. The molecule has 0 fully saturated rings. The maximum Gasteiger partial charge on any atom is 0.0623 e. The van der Waals surface area contributed by atoms with Crippen LogP contribution >= 0.6 is 0 Å². The van der Waals surface area contributed by atoms with Gasteiger partial charge in [0.25, 0.3) is 0 Å². The van der Waals surface area contributed by atoms with Gasteiger partial charge in [-0.25, -0.2) is 0 Å². The second-order valence-electron chi connectivity index (χ2n) is 3.16. The molecule has 0 atom stereocenters. The van der Waals surface area contributed by atoms with Gasteiger partial charge in [0.15, 0.2) is 0 Å². The summed E-state index contributed by atoms with van der Waals surface area (Å²) in [5.74, 6) is -0.156. The minimum Gasteiger partial charge on any atom is -0.872 e. The van der Waals surface area contributed by atoms with Gasteiger partial charge in [0.2, 0.25) is 0 Å². The first-order valence-corrected chi connectivity index (χ1v) is 4.19. The molecule has 1 aliphatic carbocycles. The summed E-state index contributed by atoms with van der Waals surface area (Å²) in [6, 6.07) is 11.4. The minimum atomic E-state index is -0.156. The monoisotopic (exact) mass is 168 g/mol. The summed E-state index contributed by atoms with van der Waals surface area (Å²) in [6.45, 7) is 0. The second-order valence-corrected chi connectivity index (χ2v) is 3.16. The molecule has 0 aliphatic heterocycles. The van der Waals surface area contributed by atoms with E-state index in [1.165, 1.54) is 0 Å². The van der Waals surface area contributed by atoms with Crippen molar-refractivity contribution in [1.29, 1.82) is 0 Å². The van der Waals surface area contributed by atoms with Crippen LogP contribution < -0.4 is 5.11 Å². The van der Waals surface area contributed by atoms with Gasteiger partial charge >= 0.3 is 0 Å². The standard InChI is InChI=1S/C12H8O/c13-11-7-9-5-1-3-8-4-2-6-10(11)12(8)9/h1-7,13H/p-1/i7D.